The lowest BCUT2D eigenvalue weighted by Gasteiger charge is -2.13. The number of para-hydroxylation sites is 2. The molecule has 0 saturated heterocycles. The Labute approximate surface area is 219 Å². The second-order valence-corrected chi connectivity index (χ2v) is 8.52. The molecule has 1 heterocycles. The molecule has 12 nitrogen and oxygen atoms in total. The van der Waals surface area contributed by atoms with Gasteiger partial charge in [-0.3, -0.25) is 30.7 Å². The molecule has 0 fully saturated rings. The van der Waals surface area contributed by atoms with E-state index < -0.39 is 6.04 Å². The maximum atomic E-state index is 13.2. The van der Waals surface area contributed by atoms with Gasteiger partial charge in [-0.05, 0) is 55.8 Å². The van der Waals surface area contributed by atoms with Gasteiger partial charge >= 0.3 is 0 Å². The third-order valence-corrected chi connectivity index (χ3v) is 5.80. The van der Waals surface area contributed by atoms with Crippen LogP contribution in [-0.4, -0.2) is 57.1 Å². The molecule has 1 atom stereocenters. The molecule has 0 saturated carbocycles. The molecule has 3 rings (SSSR count). The van der Waals surface area contributed by atoms with Crippen LogP contribution in [0.3, 0.4) is 0 Å². The second kappa shape index (κ2) is 13.8. The molecule has 0 spiro atoms. The summed E-state index contributed by atoms with van der Waals surface area (Å²) in [5, 5.41) is 29.5. The van der Waals surface area contributed by atoms with Gasteiger partial charge in [0, 0.05) is 11.3 Å². The van der Waals surface area contributed by atoms with Gasteiger partial charge in [0.15, 0.2) is 17.4 Å². The number of rotatable bonds is 13. The summed E-state index contributed by atoms with van der Waals surface area (Å²) >= 11 is 0. The minimum Gasteiger partial charge on any atom is -0.330 e. The van der Waals surface area contributed by atoms with Gasteiger partial charge in [0.2, 0.25) is 5.91 Å². The van der Waals surface area contributed by atoms with Gasteiger partial charge < -0.3 is 21.4 Å². The number of amides is 1. The zero-order valence-corrected chi connectivity index (χ0v) is 20.9. The standard InChI is InChI=1S/C26H31N9O3/c27-13-4-3-6-19(29)26(37)32-18-11-9-17(10-12-18)22(36)16-35-21-8-2-1-7-20(21)33-25(35)23(30)24(34-38)31-15-5-14-28/h1-2,7-12,19,30,38H,3-6,13,15-16,27,29H2,(H,31,34)(H,32,37)/t19-/m0/s1. The van der Waals surface area contributed by atoms with E-state index in [-0.39, 0.29) is 48.6 Å². The number of benzene rings is 2. The van der Waals surface area contributed by atoms with Gasteiger partial charge in [-0.2, -0.15) is 5.26 Å². The number of unbranched alkanes of at least 4 members (excludes halogenated alkanes) is 1. The fourth-order valence-electron chi connectivity index (χ4n) is 3.77. The van der Waals surface area contributed by atoms with Crippen LogP contribution in [0.15, 0.2) is 53.5 Å². The lowest BCUT2D eigenvalue weighted by atomic mass is 10.1. The molecule has 8 N–H and O–H groups in total. The number of carbonyl (C=O) groups excluding carboxylic acids is 2. The highest BCUT2D eigenvalue weighted by Gasteiger charge is 2.21. The summed E-state index contributed by atoms with van der Waals surface area (Å²) in [6, 6.07) is 14.9. The number of Topliss-reactive ketones (excluding diaryl/α,β-unsaturated/α-hetero) is 1. The van der Waals surface area contributed by atoms with Crippen molar-refractivity contribution in [2.24, 2.45) is 16.5 Å². The Hall–Kier alpha value is -4.44. The molecule has 1 amide bonds. The molecule has 12 heteroatoms. The summed E-state index contributed by atoms with van der Waals surface area (Å²) in [4.78, 5) is 34.0. The highest BCUT2D eigenvalue weighted by molar-refractivity contribution is 6.45. The summed E-state index contributed by atoms with van der Waals surface area (Å²) in [5.41, 5.74) is 15.2. The zero-order chi connectivity index (χ0) is 27.5. The number of hydrogen-bond acceptors (Lipinski definition) is 9. The first-order chi connectivity index (χ1) is 18.4. The number of carbonyl (C=O) groups is 2. The predicted molar refractivity (Wildman–Crippen MR) is 144 cm³/mol. The minimum absolute atomic E-state index is 0.0857. The minimum atomic E-state index is -0.645. The smallest absolute Gasteiger partial charge is 0.241 e. The number of hydroxylamine groups is 1. The predicted octanol–water partition coefficient (Wildman–Crippen LogP) is 1.97. The number of hydrogen-bond donors (Lipinski definition) is 6. The van der Waals surface area contributed by atoms with Crippen LogP contribution < -0.4 is 22.3 Å². The fraction of sp³-hybridized carbons (Fsp3) is 0.308. The van der Waals surface area contributed by atoms with Crippen molar-refractivity contribution >= 4 is 40.0 Å². The van der Waals surface area contributed by atoms with Crippen LogP contribution in [0.1, 0.15) is 41.9 Å². The SMILES string of the molecule is N#CCCN=C(NO)C(=N)c1nc2ccccc2n1CC(=O)c1ccc(NC(=O)[C@@H](N)CCCCN)cc1. The number of anilines is 1. The number of ketones is 1. The quantitative estimate of drug-likeness (QED) is 0.0647. The molecule has 0 aliphatic heterocycles. The number of aromatic nitrogens is 2. The van der Waals surface area contributed by atoms with Gasteiger partial charge in [0.1, 0.15) is 5.71 Å². The lowest BCUT2D eigenvalue weighted by Crippen LogP contribution is -2.35. The molecule has 0 aliphatic carbocycles. The second-order valence-electron chi connectivity index (χ2n) is 8.52. The van der Waals surface area contributed by atoms with E-state index in [4.69, 9.17) is 22.1 Å². The number of amidine groups is 1. The van der Waals surface area contributed by atoms with Crippen LogP contribution >= 0.6 is 0 Å². The molecule has 0 radical (unpaired) electrons. The maximum absolute atomic E-state index is 13.2. The number of nitrogens with two attached hydrogens (primary N) is 2. The van der Waals surface area contributed by atoms with Crippen molar-refractivity contribution in [1.82, 2.24) is 15.0 Å². The lowest BCUT2D eigenvalue weighted by molar-refractivity contribution is -0.117. The van der Waals surface area contributed by atoms with Gasteiger partial charge in [-0.25, -0.2) is 4.98 Å². The van der Waals surface area contributed by atoms with Crippen molar-refractivity contribution in [2.75, 3.05) is 18.4 Å². The van der Waals surface area contributed by atoms with Crippen LogP contribution in [0.4, 0.5) is 5.69 Å². The normalized spacial score (nSPS) is 12.1. The van der Waals surface area contributed by atoms with Gasteiger partial charge in [0.25, 0.3) is 0 Å². The first-order valence-corrected chi connectivity index (χ1v) is 12.2. The third-order valence-electron chi connectivity index (χ3n) is 5.80. The molecule has 1 aromatic heterocycles. The maximum Gasteiger partial charge on any atom is 0.241 e. The third kappa shape index (κ3) is 7.07. The fourth-order valence-corrected chi connectivity index (χ4v) is 3.77. The number of aliphatic imine (C=N–C) groups is 1. The van der Waals surface area contributed by atoms with Crippen LogP contribution in [0.5, 0.6) is 0 Å². The van der Waals surface area contributed by atoms with Gasteiger partial charge in [-0.1, -0.05) is 18.6 Å². The Morgan fingerprint density at radius 3 is 2.61 bits per heavy atom. The van der Waals surface area contributed by atoms with E-state index in [0.717, 1.165) is 12.8 Å². The highest BCUT2D eigenvalue weighted by atomic mass is 16.5. The number of fused-ring (bicyclic) bond motifs is 1. The van der Waals surface area contributed by atoms with Crippen molar-refractivity contribution in [3.63, 3.8) is 0 Å². The topological polar surface area (TPSA) is 208 Å². The molecule has 0 bridgehead atoms. The Morgan fingerprint density at radius 1 is 1.18 bits per heavy atom. The largest absolute Gasteiger partial charge is 0.330 e. The highest BCUT2D eigenvalue weighted by Crippen LogP contribution is 2.19. The Kier molecular flexibility index (Phi) is 10.2. The molecule has 3 aromatic rings. The monoisotopic (exact) mass is 517 g/mol. The van der Waals surface area contributed by atoms with Crippen LogP contribution in [-0.2, 0) is 11.3 Å². The Morgan fingerprint density at radius 2 is 1.92 bits per heavy atom. The molecular formula is C26H31N9O3. The number of imidazole rings is 1. The molecule has 2 aromatic carbocycles. The Balaban J connectivity index is 1.78. The van der Waals surface area contributed by atoms with E-state index in [9.17, 15) is 14.8 Å². The number of nitriles is 1. The van der Waals surface area contributed by atoms with E-state index >= 15 is 0 Å². The first-order valence-electron chi connectivity index (χ1n) is 12.2. The number of nitrogens with zero attached hydrogens (tertiary/aromatic N) is 4. The van der Waals surface area contributed by atoms with Gasteiger partial charge in [-0.15, -0.1) is 0 Å². The molecular weight excluding hydrogens is 486 g/mol. The average molecular weight is 518 g/mol. The van der Waals surface area contributed by atoms with E-state index in [1.54, 1.807) is 53.1 Å². The average Bonchev–Trinajstić information content (AvgIpc) is 3.29. The van der Waals surface area contributed by atoms with E-state index in [1.165, 1.54) is 0 Å². The summed E-state index contributed by atoms with van der Waals surface area (Å²) in [7, 11) is 0. The number of nitrogens with one attached hydrogen (secondary N) is 3. The summed E-state index contributed by atoms with van der Waals surface area (Å²) < 4.78 is 1.58. The van der Waals surface area contributed by atoms with E-state index in [2.05, 4.69) is 15.3 Å². The zero-order valence-electron chi connectivity index (χ0n) is 20.9. The van der Waals surface area contributed by atoms with Crippen molar-refractivity contribution in [3.8, 4) is 6.07 Å². The Bertz CT molecular complexity index is 1360. The van der Waals surface area contributed by atoms with Crippen molar-refractivity contribution in [3.05, 3.63) is 59.9 Å². The molecule has 0 aliphatic rings. The molecule has 38 heavy (non-hydrogen) atoms. The van der Waals surface area contributed by atoms with Gasteiger partial charge in [0.05, 0.1) is 42.7 Å². The van der Waals surface area contributed by atoms with Crippen molar-refractivity contribution in [2.45, 2.75) is 38.3 Å². The van der Waals surface area contributed by atoms with Crippen LogP contribution in [0.25, 0.3) is 11.0 Å². The molecule has 0 unspecified atom stereocenters. The summed E-state index contributed by atoms with van der Waals surface area (Å²) in [5.74, 6) is -0.590. The van der Waals surface area contributed by atoms with Crippen molar-refractivity contribution in [1.29, 1.82) is 10.7 Å². The van der Waals surface area contributed by atoms with E-state index in [0.29, 0.717) is 35.2 Å². The van der Waals surface area contributed by atoms with Crippen LogP contribution in [0.2, 0.25) is 0 Å². The summed E-state index contributed by atoms with van der Waals surface area (Å²) in [6.45, 7) is 0.506. The first kappa shape index (κ1) is 28.1. The van der Waals surface area contributed by atoms with Crippen molar-refractivity contribution < 1.29 is 14.8 Å². The summed E-state index contributed by atoms with van der Waals surface area (Å²) in [6.07, 6.45) is 2.22. The van der Waals surface area contributed by atoms with E-state index in [1.807, 2.05) is 11.5 Å². The van der Waals surface area contributed by atoms with Crippen LogP contribution in [0, 0.1) is 16.7 Å². The molecule has 198 valence electrons.